The van der Waals surface area contributed by atoms with Gasteiger partial charge in [-0.05, 0) is 5.56 Å². The van der Waals surface area contributed by atoms with Crippen LogP contribution in [-0.4, -0.2) is 44.1 Å². The fraction of sp³-hybridized carbons (Fsp3) is 0.381. The predicted molar refractivity (Wildman–Crippen MR) is 95.7 cm³/mol. The van der Waals surface area contributed by atoms with Gasteiger partial charge in [0.1, 0.15) is 12.2 Å². The third-order valence-electron chi connectivity index (χ3n) is 4.73. The Hall–Kier alpha value is -2.09. The van der Waals surface area contributed by atoms with Gasteiger partial charge >= 0.3 is 0 Å². The zero-order chi connectivity index (χ0) is 18.6. The van der Waals surface area contributed by atoms with Crippen LogP contribution in [0.25, 0.3) is 0 Å². The number of hydrogen-bond donors (Lipinski definition) is 0. The first-order valence-electron chi connectivity index (χ1n) is 8.96. The van der Waals surface area contributed by atoms with E-state index < -0.39 is 30.9 Å². The molecular weight excluding hydrogens is 348 g/mol. The number of hydrogen-bond acceptors (Lipinski definition) is 6. The molecule has 0 amide bonds. The van der Waals surface area contributed by atoms with Crippen molar-refractivity contribution < 1.29 is 28.5 Å². The number of fused-ring (bicyclic) bond motifs is 1. The van der Waals surface area contributed by atoms with Crippen LogP contribution in [0.15, 0.2) is 60.7 Å². The highest BCUT2D eigenvalue weighted by Crippen LogP contribution is 2.34. The highest BCUT2D eigenvalue weighted by molar-refractivity contribution is 5.87. The lowest BCUT2D eigenvalue weighted by atomic mass is 9.98. The summed E-state index contributed by atoms with van der Waals surface area (Å²) in [6.07, 6.45) is -3.33. The summed E-state index contributed by atoms with van der Waals surface area (Å²) >= 11 is 0. The van der Waals surface area contributed by atoms with Crippen LogP contribution in [0.1, 0.15) is 17.4 Å². The Balaban J connectivity index is 1.52. The quantitative estimate of drug-likeness (QED) is 0.806. The molecule has 0 N–H and O–H groups in total. The molecule has 2 aromatic carbocycles. The number of rotatable bonds is 5. The van der Waals surface area contributed by atoms with Gasteiger partial charge in [-0.2, -0.15) is 0 Å². The van der Waals surface area contributed by atoms with Gasteiger partial charge in [-0.25, -0.2) is 0 Å². The molecule has 0 aliphatic carbocycles. The van der Waals surface area contributed by atoms with Gasteiger partial charge < -0.3 is 23.7 Å². The van der Waals surface area contributed by atoms with E-state index in [1.165, 1.54) is 7.11 Å². The van der Waals surface area contributed by atoms with Crippen molar-refractivity contribution in [3.8, 4) is 0 Å². The third kappa shape index (κ3) is 3.95. The van der Waals surface area contributed by atoms with Gasteiger partial charge in [0.15, 0.2) is 12.4 Å². The van der Waals surface area contributed by atoms with Crippen LogP contribution in [0.3, 0.4) is 0 Å². The maximum absolute atomic E-state index is 12.8. The van der Waals surface area contributed by atoms with Crippen molar-refractivity contribution in [2.75, 3.05) is 13.7 Å². The second-order valence-electron chi connectivity index (χ2n) is 6.54. The first kappa shape index (κ1) is 18.3. The van der Waals surface area contributed by atoms with Crippen molar-refractivity contribution >= 4 is 5.78 Å². The molecule has 0 bridgehead atoms. The molecule has 2 heterocycles. The molecule has 0 saturated carbocycles. The lowest BCUT2D eigenvalue weighted by molar-refractivity contribution is -0.321. The van der Waals surface area contributed by atoms with E-state index in [0.717, 1.165) is 11.1 Å². The van der Waals surface area contributed by atoms with Crippen LogP contribution in [-0.2, 0) is 35.1 Å². The van der Waals surface area contributed by atoms with Gasteiger partial charge in [-0.1, -0.05) is 60.7 Å². The maximum atomic E-state index is 12.8. The number of ketones is 1. The van der Waals surface area contributed by atoms with Crippen molar-refractivity contribution in [2.45, 2.75) is 37.5 Å². The fourth-order valence-corrected chi connectivity index (χ4v) is 3.35. The molecule has 2 saturated heterocycles. The topological polar surface area (TPSA) is 63.2 Å². The highest BCUT2D eigenvalue weighted by atomic mass is 16.7. The minimum Gasteiger partial charge on any atom is -0.363 e. The Labute approximate surface area is 157 Å². The summed E-state index contributed by atoms with van der Waals surface area (Å²) in [6.45, 7) is 0.597. The van der Waals surface area contributed by atoms with E-state index in [9.17, 15) is 4.79 Å². The zero-order valence-electron chi connectivity index (χ0n) is 15.0. The van der Waals surface area contributed by atoms with E-state index in [1.54, 1.807) is 0 Å². The zero-order valence-corrected chi connectivity index (χ0v) is 15.0. The molecule has 6 nitrogen and oxygen atoms in total. The molecule has 0 aromatic heterocycles. The number of benzene rings is 2. The lowest BCUT2D eigenvalue weighted by Crippen LogP contribution is -2.61. The third-order valence-corrected chi connectivity index (χ3v) is 4.73. The summed E-state index contributed by atoms with van der Waals surface area (Å²) in [5, 5.41) is 0. The Kier molecular flexibility index (Phi) is 5.61. The number of carbonyl (C=O) groups is 1. The molecule has 0 spiro atoms. The molecule has 6 heteroatoms. The summed E-state index contributed by atoms with van der Waals surface area (Å²) in [5.41, 5.74) is 1.87. The fourth-order valence-electron chi connectivity index (χ4n) is 3.35. The van der Waals surface area contributed by atoms with Crippen LogP contribution in [0, 0.1) is 0 Å². The SMILES string of the molecule is CO[C@H]1O[C@@H]2CO[C@@H](c3ccccc3)O[C@H]2[C@H](OCc2ccccc2)C1=O. The van der Waals surface area contributed by atoms with Gasteiger partial charge in [0, 0.05) is 12.7 Å². The van der Waals surface area contributed by atoms with Crippen molar-refractivity contribution in [2.24, 2.45) is 0 Å². The van der Waals surface area contributed by atoms with Gasteiger partial charge in [-0.3, -0.25) is 4.79 Å². The van der Waals surface area contributed by atoms with Crippen molar-refractivity contribution in [1.29, 1.82) is 0 Å². The second-order valence-corrected chi connectivity index (χ2v) is 6.54. The number of carbonyl (C=O) groups excluding carboxylic acids is 1. The molecule has 142 valence electrons. The molecular formula is C21H22O6. The first-order valence-corrected chi connectivity index (χ1v) is 8.96. The normalized spacial score (nSPS) is 30.7. The molecule has 0 radical (unpaired) electrons. The summed E-state index contributed by atoms with van der Waals surface area (Å²) in [5.74, 6) is -0.275. The smallest absolute Gasteiger partial charge is 0.220 e. The highest BCUT2D eigenvalue weighted by Gasteiger charge is 2.50. The van der Waals surface area contributed by atoms with Gasteiger partial charge in [-0.15, -0.1) is 0 Å². The molecule has 0 unspecified atom stereocenters. The second kappa shape index (κ2) is 8.29. The number of ether oxygens (including phenoxy) is 5. The summed E-state index contributed by atoms with van der Waals surface area (Å²) in [6, 6.07) is 19.3. The van der Waals surface area contributed by atoms with Crippen LogP contribution in [0.2, 0.25) is 0 Å². The van der Waals surface area contributed by atoms with Gasteiger partial charge in [0.2, 0.25) is 12.1 Å². The monoisotopic (exact) mass is 370 g/mol. The average molecular weight is 370 g/mol. The van der Waals surface area contributed by atoms with E-state index in [1.807, 2.05) is 60.7 Å². The minimum absolute atomic E-state index is 0.275. The van der Waals surface area contributed by atoms with Crippen molar-refractivity contribution in [3.63, 3.8) is 0 Å². The van der Waals surface area contributed by atoms with E-state index in [4.69, 9.17) is 23.7 Å². The Morgan fingerprint density at radius 1 is 1.00 bits per heavy atom. The van der Waals surface area contributed by atoms with Gasteiger partial charge in [0.25, 0.3) is 0 Å². The van der Waals surface area contributed by atoms with Crippen LogP contribution >= 0.6 is 0 Å². The molecule has 2 aliphatic rings. The molecule has 2 aromatic rings. The van der Waals surface area contributed by atoms with Crippen molar-refractivity contribution in [1.82, 2.24) is 0 Å². The molecule has 5 atom stereocenters. The minimum atomic E-state index is -0.979. The summed E-state index contributed by atoms with van der Waals surface area (Å²) in [4.78, 5) is 12.8. The molecule has 27 heavy (non-hydrogen) atoms. The maximum Gasteiger partial charge on any atom is 0.220 e. The summed E-state index contributed by atoms with van der Waals surface area (Å²) < 4.78 is 28.8. The number of Topliss-reactive ketones (excluding diaryl/α,β-unsaturated/α-hetero) is 1. The van der Waals surface area contributed by atoms with E-state index in [2.05, 4.69) is 0 Å². The van der Waals surface area contributed by atoms with Crippen LogP contribution in [0.4, 0.5) is 0 Å². The molecule has 2 aliphatic heterocycles. The van der Waals surface area contributed by atoms with Crippen LogP contribution in [0.5, 0.6) is 0 Å². The molecule has 2 fully saturated rings. The Morgan fingerprint density at radius 2 is 1.70 bits per heavy atom. The largest absolute Gasteiger partial charge is 0.363 e. The van der Waals surface area contributed by atoms with Crippen molar-refractivity contribution in [3.05, 3.63) is 71.8 Å². The lowest BCUT2D eigenvalue weighted by Gasteiger charge is -2.44. The molecule has 4 rings (SSSR count). The summed E-state index contributed by atoms with van der Waals surface area (Å²) in [7, 11) is 1.44. The Morgan fingerprint density at radius 3 is 2.41 bits per heavy atom. The average Bonchev–Trinajstić information content (AvgIpc) is 2.74. The first-order chi connectivity index (χ1) is 13.3. The van der Waals surface area contributed by atoms with E-state index >= 15 is 0 Å². The predicted octanol–water partition coefficient (Wildman–Crippen LogP) is 2.63. The Bertz CT molecular complexity index is 750. The standard InChI is InChI=1S/C21H22O6/c1-23-21-17(22)19(24-12-14-8-4-2-5-9-14)18-16(26-21)13-25-20(27-18)15-10-6-3-7-11-15/h2-11,16,18-21H,12-13H2,1H3/t16-,18-,19-,20-,21+/m1/s1. The van der Waals surface area contributed by atoms with Crippen LogP contribution < -0.4 is 0 Å². The van der Waals surface area contributed by atoms with E-state index in [0.29, 0.717) is 13.2 Å². The number of methoxy groups -OCH3 is 1. The van der Waals surface area contributed by atoms with E-state index in [-0.39, 0.29) is 5.78 Å². The van der Waals surface area contributed by atoms with Gasteiger partial charge in [0.05, 0.1) is 13.2 Å².